The zero-order valence-electron chi connectivity index (χ0n) is 10.7. The van der Waals surface area contributed by atoms with Crippen LogP contribution in [0.2, 0.25) is 0 Å². The molecule has 1 heterocycles. The number of nitrogens with one attached hydrogen (secondary N) is 1. The molecule has 0 aliphatic rings. The van der Waals surface area contributed by atoms with Crippen LogP contribution in [0.1, 0.15) is 11.3 Å². The van der Waals surface area contributed by atoms with Crippen molar-refractivity contribution in [1.29, 1.82) is 0 Å². The van der Waals surface area contributed by atoms with Gasteiger partial charge >= 0.3 is 0 Å². The lowest BCUT2D eigenvalue weighted by Crippen LogP contribution is -2.15. The Hall–Kier alpha value is -1.88. The van der Waals surface area contributed by atoms with Crippen LogP contribution < -0.4 is 11.1 Å². The molecule has 0 aliphatic heterocycles. The molecule has 0 aliphatic carbocycles. The van der Waals surface area contributed by atoms with Crippen LogP contribution in [0.15, 0.2) is 41.0 Å². The first-order valence-corrected chi connectivity index (χ1v) is 7.07. The Labute approximate surface area is 116 Å². The lowest BCUT2D eigenvalue weighted by Gasteiger charge is -2.08. The van der Waals surface area contributed by atoms with Gasteiger partial charge in [-0.3, -0.25) is 4.79 Å². The molecule has 1 amide bonds. The fraction of sp³-hybridized carbons (Fsp3) is 0.214. The zero-order valence-corrected chi connectivity index (χ0v) is 11.5. The maximum Gasteiger partial charge on any atom is 0.234 e. The van der Waals surface area contributed by atoms with Crippen LogP contribution in [-0.2, 0) is 10.5 Å². The summed E-state index contributed by atoms with van der Waals surface area (Å²) in [7, 11) is 0. The van der Waals surface area contributed by atoms with Gasteiger partial charge in [-0.05, 0) is 42.8 Å². The van der Waals surface area contributed by atoms with Crippen LogP contribution in [0.4, 0.5) is 11.4 Å². The highest BCUT2D eigenvalue weighted by atomic mass is 32.2. The number of amides is 1. The fourth-order valence-corrected chi connectivity index (χ4v) is 2.38. The number of nitrogen functional groups attached to an aromatic ring is 1. The van der Waals surface area contributed by atoms with Gasteiger partial charge in [-0.25, -0.2) is 0 Å². The second kappa shape index (κ2) is 6.33. The molecule has 0 spiro atoms. The number of thioether (sulfide) groups is 1. The average molecular weight is 276 g/mol. The minimum atomic E-state index is -0.0237. The molecule has 5 heteroatoms. The van der Waals surface area contributed by atoms with Crippen LogP contribution in [0.25, 0.3) is 0 Å². The van der Waals surface area contributed by atoms with Crippen LogP contribution >= 0.6 is 11.8 Å². The number of anilines is 2. The Balaban J connectivity index is 1.80. The summed E-state index contributed by atoms with van der Waals surface area (Å²) in [6.07, 6.45) is 1.63. The molecule has 1 aromatic heterocycles. The summed E-state index contributed by atoms with van der Waals surface area (Å²) < 4.78 is 5.20. The average Bonchev–Trinajstić information content (AvgIpc) is 2.86. The summed E-state index contributed by atoms with van der Waals surface area (Å²) in [6.45, 7) is 1.92. The predicted octanol–water partition coefficient (Wildman–Crippen LogP) is 3.04. The number of aryl methyl sites for hydroxylation is 1. The van der Waals surface area contributed by atoms with Gasteiger partial charge in [0.15, 0.2) is 0 Å². The number of carbonyl (C=O) groups is 1. The smallest absolute Gasteiger partial charge is 0.234 e. The maximum atomic E-state index is 11.8. The molecule has 0 saturated heterocycles. The van der Waals surface area contributed by atoms with E-state index in [2.05, 4.69) is 5.32 Å². The molecule has 0 saturated carbocycles. The Morgan fingerprint density at radius 2 is 2.26 bits per heavy atom. The van der Waals surface area contributed by atoms with E-state index in [1.807, 2.05) is 31.2 Å². The lowest BCUT2D eigenvalue weighted by atomic mass is 10.2. The highest BCUT2D eigenvalue weighted by Crippen LogP contribution is 2.18. The van der Waals surface area contributed by atoms with Gasteiger partial charge in [-0.2, -0.15) is 0 Å². The minimum absolute atomic E-state index is 0.0237. The maximum absolute atomic E-state index is 11.8. The van der Waals surface area contributed by atoms with E-state index in [1.54, 1.807) is 12.3 Å². The lowest BCUT2D eigenvalue weighted by molar-refractivity contribution is -0.113. The SMILES string of the molecule is Cc1cc(N)ccc1NC(=O)CSCc1ccco1. The van der Waals surface area contributed by atoms with Crippen molar-refractivity contribution in [3.63, 3.8) is 0 Å². The summed E-state index contributed by atoms with van der Waals surface area (Å²) in [5, 5.41) is 2.87. The quantitative estimate of drug-likeness (QED) is 0.824. The molecule has 0 atom stereocenters. The van der Waals surface area contributed by atoms with E-state index in [0.717, 1.165) is 17.0 Å². The van der Waals surface area contributed by atoms with Gasteiger partial charge in [0.2, 0.25) is 5.91 Å². The third-order valence-electron chi connectivity index (χ3n) is 2.58. The van der Waals surface area contributed by atoms with Crippen LogP contribution in [0, 0.1) is 6.92 Å². The van der Waals surface area contributed by atoms with Crippen LogP contribution in [0.5, 0.6) is 0 Å². The molecule has 2 rings (SSSR count). The summed E-state index contributed by atoms with van der Waals surface area (Å²) in [5.41, 5.74) is 8.13. The van der Waals surface area contributed by atoms with E-state index in [4.69, 9.17) is 10.2 Å². The van der Waals surface area contributed by atoms with Crippen molar-refractivity contribution in [3.8, 4) is 0 Å². The first-order chi connectivity index (χ1) is 9.15. The number of hydrogen-bond acceptors (Lipinski definition) is 4. The largest absolute Gasteiger partial charge is 0.468 e. The number of carbonyl (C=O) groups excluding carboxylic acids is 1. The summed E-state index contributed by atoms with van der Waals surface area (Å²) >= 11 is 1.52. The highest BCUT2D eigenvalue weighted by molar-refractivity contribution is 7.99. The predicted molar refractivity (Wildman–Crippen MR) is 79.1 cm³/mol. The zero-order chi connectivity index (χ0) is 13.7. The molecule has 19 heavy (non-hydrogen) atoms. The van der Waals surface area contributed by atoms with Crippen molar-refractivity contribution in [2.75, 3.05) is 16.8 Å². The summed E-state index contributed by atoms with van der Waals surface area (Å²) in [4.78, 5) is 11.8. The van der Waals surface area contributed by atoms with Crippen molar-refractivity contribution in [3.05, 3.63) is 47.9 Å². The third-order valence-corrected chi connectivity index (χ3v) is 3.54. The summed E-state index contributed by atoms with van der Waals surface area (Å²) in [6, 6.07) is 9.17. The minimum Gasteiger partial charge on any atom is -0.468 e. The number of furan rings is 1. The van der Waals surface area contributed by atoms with Gasteiger partial charge in [0.05, 0.1) is 17.8 Å². The van der Waals surface area contributed by atoms with E-state index in [1.165, 1.54) is 11.8 Å². The van der Waals surface area contributed by atoms with Gasteiger partial charge in [0, 0.05) is 11.4 Å². The molecule has 100 valence electrons. The van der Waals surface area contributed by atoms with Crippen molar-refractivity contribution >= 4 is 29.0 Å². The van der Waals surface area contributed by atoms with E-state index < -0.39 is 0 Å². The Bertz CT molecular complexity index is 553. The first-order valence-electron chi connectivity index (χ1n) is 5.91. The molecule has 0 fully saturated rings. The van der Waals surface area contributed by atoms with E-state index in [9.17, 15) is 4.79 Å². The van der Waals surface area contributed by atoms with Gasteiger partial charge in [0.25, 0.3) is 0 Å². The number of rotatable bonds is 5. The number of nitrogens with two attached hydrogens (primary N) is 1. The Kier molecular flexibility index (Phi) is 4.52. The van der Waals surface area contributed by atoms with Gasteiger partial charge in [-0.15, -0.1) is 11.8 Å². The molecule has 4 nitrogen and oxygen atoms in total. The first kappa shape index (κ1) is 13.5. The molecule has 1 aromatic carbocycles. The van der Waals surface area contributed by atoms with Crippen LogP contribution in [-0.4, -0.2) is 11.7 Å². The monoisotopic (exact) mass is 276 g/mol. The highest BCUT2D eigenvalue weighted by Gasteiger charge is 2.06. The van der Waals surface area contributed by atoms with Crippen molar-refractivity contribution in [2.24, 2.45) is 0 Å². The topological polar surface area (TPSA) is 68.3 Å². The number of benzene rings is 1. The molecular weight excluding hydrogens is 260 g/mol. The number of hydrogen-bond donors (Lipinski definition) is 2. The standard InChI is InChI=1S/C14H16N2O2S/c1-10-7-11(15)4-5-13(10)16-14(17)9-19-8-12-3-2-6-18-12/h2-7H,8-9,15H2,1H3,(H,16,17). The molecule has 0 radical (unpaired) electrons. The normalized spacial score (nSPS) is 10.4. The van der Waals surface area contributed by atoms with Gasteiger partial charge < -0.3 is 15.5 Å². The molecule has 3 N–H and O–H groups in total. The molecule has 2 aromatic rings. The second-order valence-corrected chi connectivity index (χ2v) is 5.18. The van der Waals surface area contributed by atoms with Crippen molar-refractivity contribution < 1.29 is 9.21 Å². The third kappa shape index (κ3) is 4.06. The van der Waals surface area contributed by atoms with Crippen LogP contribution in [0.3, 0.4) is 0 Å². The van der Waals surface area contributed by atoms with Crippen molar-refractivity contribution in [1.82, 2.24) is 0 Å². The second-order valence-electron chi connectivity index (χ2n) is 4.19. The molecule has 0 bridgehead atoms. The molecular formula is C14H16N2O2S. The van der Waals surface area contributed by atoms with Gasteiger partial charge in [-0.1, -0.05) is 0 Å². The van der Waals surface area contributed by atoms with Gasteiger partial charge in [0.1, 0.15) is 5.76 Å². The Morgan fingerprint density at radius 3 is 2.95 bits per heavy atom. The van der Waals surface area contributed by atoms with E-state index in [-0.39, 0.29) is 5.91 Å². The fourth-order valence-electron chi connectivity index (χ4n) is 1.65. The molecule has 0 unspecified atom stereocenters. The van der Waals surface area contributed by atoms with Crippen molar-refractivity contribution in [2.45, 2.75) is 12.7 Å². The van der Waals surface area contributed by atoms with E-state index >= 15 is 0 Å². The Morgan fingerprint density at radius 1 is 1.42 bits per heavy atom. The summed E-state index contributed by atoms with van der Waals surface area (Å²) in [5.74, 6) is 1.94. The van der Waals surface area contributed by atoms with E-state index in [0.29, 0.717) is 17.2 Å².